The maximum atomic E-state index is 5.78. The van der Waals surface area contributed by atoms with Gasteiger partial charge < -0.3 is 9.47 Å². The van der Waals surface area contributed by atoms with Gasteiger partial charge in [-0.15, -0.1) is 0 Å². The van der Waals surface area contributed by atoms with Crippen LogP contribution in [0.5, 0.6) is 11.5 Å². The second-order valence-corrected chi connectivity index (χ2v) is 5.16. The number of hydrogen-bond donors (Lipinski definition) is 0. The Kier molecular flexibility index (Phi) is 3.78. The van der Waals surface area contributed by atoms with Gasteiger partial charge in [0.15, 0.2) is 0 Å². The second kappa shape index (κ2) is 5.88. The van der Waals surface area contributed by atoms with Gasteiger partial charge in [0.2, 0.25) is 0 Å². The molecule has 0 spiro atoms. The summed E-state index contributed by atoms with van der Waals surface area (Å²) in [5, 5.41) is 0. The van der Waals surface area contributed by atoms with Crippen molar-refractivity contribution in [2.24, 2.45) is 0 Å². The van der Waals surface area contributed by atoms with Crippen molar-refractivity contribution in [3.8, 4) is 11.5 Å². The largest absolute Gasteiger partial charge is 0.497 e. The lowest BCUT2D eigenvalue weighted by Gasteiger charge is -2.16. The number of benzene rings is 2. The SMILES string of the molecule is COc1ccc(/C=C/C2=Cc3cc(C)ccc3OC2)cc1. The van der Waals surface area contributed by atoms with E-state index in [4.69, 9.17) is 9.47 Å². The topological polar surface area (TPSA) is 18.5 Å². The molecule has 0 bridgehead atoms. The van der Waals surface area contributed by atoms with Crippen LogP contribution in [0.3, 0.4) is 0 Å². The standard InChI is InChI=1S/C19H18O2/c1-14-3-10-19-17(11-14)12-16(13-21-19)5-4-15-6-8-18(20-2)9-7-15/h3-12H,13H2,1-2H3/b5-4+. The maximum Gasteiger partial charge on any atom is 0.127 e. The third kappa shape index (κ3) is 3.16. The summed E-state index contributed by atoms with van der Waals surface area (Å²) in [5.41, 5.74) is 4.71. The molecule has 21 heavy (non-hydrogen) atoms. The van der Waals surface area contributed by atoms with Crippen molar-refractivity contribution < 1.29 is 9.47 Å². The van der Waals surface area contributed by atoms with Crippen LogP contribution in [0.25, 0.3) is 12.2 Å². The zero-order valence-electron chi connectivity index (χ0n) is 12.3. The van der Waals surface area contributed by atoms with E-state index in [1.165, 1.54) is 11.1 Å². The van der Waals surface area contributed by atoms with E-state index in [1.807, 2.05) is 30.3 Å². The molecule has 0 saturated carbocycles. The lowest BCUT2D eigenvalue weighted by Crippen LogP contribution is -2.05. The van der Waals surface area contributed by atoms with E-state index in [0.29, 0.717) is 6.61 Å². The average molecular weight is 278 g/mol. The zero-order chi connectivity index (χ0) is 14.7. The van der Waals surface area contributed by atoms with Gasteiger partial charge in [0.25, 0.3) is 0 Å². The molecule has 0 fully saturated rings. The number of fused-ring (bicyclic) bond motifs is 1. The van der Waals surface area contributed by atoms with Gasteiger partial charge in [-0.3, -0.25) is 0 Å². The molecular formula is C19H18O2. The average Bonchev–Trinajstić information content (AvgIpc) is 2.53. The molecule has 0 amide bonds. The van der Waals surface area contributed by atoms with Gasteiger partial charge in [0.05, 0.1) is 7.11 Å². The molecule has 0 N–H and O–H groups in total. The predicted octanol–water partition coefficient (Wildman–Crippen LogP) is 4.49. The smallest absolute Gasteiger partial charge is 0.127 e. The van der Waals surface area contributed by atoms with E-state index in [-0.39, 0.29) is 0 Å². The van der Waals surface area contributed by atoms with E-state index in [1.54, 1.807) is 7.11 Å². The monoisotopic (exact) mass is 278 g/mol. The fraction of sp³-hybridized carbons (Fsp3) is 0.158. The molecule has 0 radical (unpaired) electrons. The maximum absolute atomic E-state index is 5.78. The van der Waals surface area contributed by atoms with Gasteiger partial charge in [-0.25, -0.2) is 0 Å². The number of aryl methyl sites for hydroxylation is 1. The van der Waals surface area contributed by atoms with Crippen LogP contribution in [0.1, 0.15) is 16.7 Å². The molecule has 1 aliphatic rings. The summed E-state index contributed by atoms with van der Waals surface area (Å²) >= 11 is 0. The lowest BCUT2D eigenvalue weighted by molar-refractivity contribution is 0.351. The Morgan fingerprint density at radius 2 is 1.86 bits per heavy atom. The molecule has 2 aromatic carbocycles. The molecule has 0 atom stereocenters. The minimum absolute atomic E-state index is 0.614. The Morgan fingerprint density at radius 1 is 1.05 bits per heavy atom. The fourth-order valence-electron chi connectivity index (χ4n) is 2.33. The van der Waals surface area contributed by atoms with Gasteiger partial charge >= 0.3 is 0 Å². The van der Waals surface area contributed by atoms with Crippen LogP contribution in [0.4, 0.5) is 0 Å². The molecule has 0 saturated heterocycles. The number of rotatable bonds is 3. The van der Waals surface area contributed by atoms with Crippen molar-refractivity contribution in [1.29, 1.82) is 0 Å². The Labute approximate surface area is 125 Å². The molecule has 2 nitrogen and oxygen atoms in total. The van der Waals surface area contributed by atoms with Crippen LogP contribution in [0.15, 0.2) is 54.1 Å². The van der Waals surface area contributed by atoms with E-state index in [0.717, 1.165) is 22.6 Å². The van der Waals surface area contributed by atoms with E-state index in [9.17, 15) is 0 Å². The summed E-state index contributed by atoms with van der Waals surface area (Å²) in [4.78, 5) is 0. The third-order valence-corrected chi connectivity index (χ3v) is 3.51. The Bertz CT molecular complexity index is 694. The fourth-order valence-corrected chi connectivity index (χ4v) is 2.33. The third-order valence-electron chi connectivity index (χ3n) is 3.51. The molecule has 2 heteroatoms. The molecule has 1 heterocycles. The number of hydrogen-bond acceptors (Lipinski definition) is 2. The number of ether oxygens (including phenoxy) is 2. The van der Waals surface area contributed by atoms with Crippen LogP contribution in [-0.4, -0.2) is 13.7 Å². The molecule has 0 unspecified atom stereocenters. The Balaban J connectivity index is 1.80. The minimum atomic E-state index is 0.614. The van der Waals surface area contributed by atoms with Gasteiger partial charge in [0, 0.05) is 5.56 Å². The quantitative estimate of drug-likeness (QED) is 0.823. The Morgan fingerprint density at radius 3 is 2.62 bits per heavy atom. The van der Waals surface area contributed by atoms with Crippen molar-refractivity contribution in [3.05, 3.63) is 70.8 Å². The first kappa shape index (κ1) is 13.5. The summed E-state index contributed by atoms with van der Waals surface area (Å²) in [6.45, 7) is 2.71. The molecule has 3 rings (SSSR count). The molecule has 106 valence electrons. The molecular weight excluding hydrogens is 260 g/mol. The van der Waals surface area contributed by atoms with Crippen molar-refractivity contribution >= 4 is 12.2 Å². The summed E-state index contributed by atoms with van der Waals surface area (Å²) in [7, 11) is 1.68. The van der Waals surface area contributed by atoms with Crippen LogP contribution in [0.2, 0.25) is 0 Å². The van der Waals surface area contributed by atoms with Crippen LogP contribution in [-0.2, 0) is 0 Å². The zero-order valence-corrected chi connectivity index (χ0v) is 12.3. The lowest BCUT2D eigenvalue weighted by atomic mass is 10.0. The molecule has 0 aromatic heterocycles. The summed E-state index contributed by atoms with van der Waals surface area (Å²) in [5.74, 6) is 1.83. The highest BCUT2D eigenvalue weighted by atomic mass is 16.5. The van der Waals surface area contributed by atoms with Crippen molar-refractivity contribution in [2.45, 2.75) is 6.92 Å². The minimum Gasteiger partial charge on any atom is -0.497 e. The van der Waals surface area contributed by atoms with Crippen molar-refractivity contribution in [3.63, 3.8) is 0 Å². The van der Waals surface area contributed by atoms with E-state index < -0.39 is 0 Å². The summed E-state index contributed by atoms with van der Waals surface area (Å²) in [6, 6.07) is 14.3. The normalized spacial score (nSPS) is 13.5. The molecule has 2 aromatic rings. The van der Waals surface area contributed by atoms with Gasteiger partial charge in [-0.2, -0.15) is 0 Å². The predicted molar refractivity (Wildman–Crippen MR) is 86.7 cm³/mol. The van der Waals surface area contributed by atoms with Crippen molar-refractivity contribution in [2.75, 3.05) is 13.7 Å². The van der Waals surface area contributed by atoms with E-state index >= 15 is 0 Å². The highest BCUT2D eigenvalue weighted by molar-refractivity contribution is 5.67. The summed E-state index contributed by atoms with van der Waals surface area (Å²) < 4.78 is 10.9. The summed E-state index contributed by atoms with van der Waals surface area (Å²) in [6.07, 6.45) is 6.38. The first-order valence-corrected chi connectivity index (χ1v) is 7.01. The second-order valence-electron chi connectivity index (χ2n) is 5.16. The molecule has 0 aliphatic carbocycles. The van der Waals surface area contributed by atoms with Gasteiger partial charge in [-0.1, -0.05) is 35.9 Å². The van der Waals surface area contributed by atoms with Gasteiger partial charge in [-0.05, 0) is 48.4 Å². The van der Waals surface area contributed by atoms with Crippen LogP contribution < -0.4 is 9.47 Å². The highest BCUT2D eigenvalue weighted by Gasteiger charge is 2.09. The van der Waals surface area contributed by atoms with Crippen LogP contribution >= 0.6 is 0 Å². The number of methoxy groups -OCH3 is 1. The van der Waals surface area contributed by atoms with Crippen molar-refractivity contribution in [1.82, 2.24) is 0 Å². The first-order valence-electron chi connectivity index (χ1n) is 7.01. The van der Waals surface area contributed by atoms with E-state index in [2.05, 4.69) is 37.3 Å². The van der Waals surface area contributed by atoms with Gasteiger partial charge in [0.1, 0.15) is 18.1 Å². The van der Waals surface area contributed by atoms with Crippen LogP contribution in [0, 0.1) is 6.92 Å². The molecule has 1 aliphatic heterocycles. The first-order chi connectivity index (χ1) is 10.2. The highest BCUT2D eigenvalue weighted by Crippen LogP contribution is 2.27. The Hall–Kier alpha value is -2.48.